The summed E-state index contributed by atoms with van der Waals surface area (Å²) in [7, 11) is 1.60. The predicted octanol–water partition coefficient (Wildman–Crippen LogP) is 3.63. The van der Waals surface area contributed by atoms with E-state index < -0.39 is 0 Å². The van der Waals surface area contributed by atoms with E-state index in [1.165, 1.54) is 25.7 Å². The number of aromatic nitrogens is 3. The van der Waals surface area contributed by atoms with E-state index in [1.807, 2.05) is 0 Å². The van der Waals surface area contributed by atoms with E-state index >= 15 is 0 Å². The minimum absolute atomic E-state index is 0.406. The third-order valence-corrected chi connectivity index (χ3v) is 3.91. The Morgan fingerprint density at radius 2 is 2.09 bits per heavy atom. The summed E-state index contributed by atoms with van der Waals surface area (Å²) in [6.45, 7) is 0. The molecule has 0 radical (unpaired) electrons. The third kappa shape index (κ3) is 3.57. The predicted molar refractivity (Wildman–Crippen MR) is 87.0 cm³/mol. The average molecular weight is 320 g/mol. The Balaban J connectivity index is 1.76. The van der Waals surface area contributed by atoms with Gasteiger partial charge in [-0.15, -0.1) is 5.10 Å². The summed E-state index contributed by atoms with van der Waals surface area (Å²) in [5, 5.41) is 15.1. The lowest BCUT2D eigenvalue weighted by atomic mass is 10.2. The molecule has 0 atom stereocenters. The highest BCUT2D eigenvalue weighted by molar-refractivity contribution is 6.30. The van der Waals surface area contributed by atoms with Gasteiger partial charge in [0, 0.05) is 11.1 Å². The summed E-state index contributed by atoms with van der Waals surface area (Å²) in [6.07, 6.45) is 6.52. The highest BCUT2D eigenvalue weighted by Gasteiger charge is 2.15. The van der Waals surface area contributed by atoms with Crippen LogP contribution in [0.4, 0.5) is 17.5 Å². The van der Waals surface area contributed by atoms with Crippen molar-refractivity contribution in [3.63, 3.8) is 0 Å². The molecule has 2 aromatic rings. The number of halogens is 1. The van der Waals surface area contributed by atoms with Crippen LogP contribution in [-0.2, 0) is 0 Å². The van der Waals surface area contributed by atoms with Crippen LogP contribution in [0, 0.1) is 0 Å². The number of methoxy groups -OCH3 is 1. The molecule has 1 fully saturated rings. The van der Waals surface area contributed by atoms with Gasteiger partial charge in [-0.1, -0.05) is 24.4 Å². The SMILES string of the molecule is COc1ccc(Cl)cc1Nc1nncc(NC2CCCC2)n1. The topological polar surface area (TPSA) is 72.0 Å². The zero-order valence-corrected chi connectivity index (χ0v) is 13.1. The van der Waals surface area contributed by atoms with Gasteiger partial charge in [-0.05, 0) is 31.0 Å². The number of nitrogens with one attached hydrogen (secondary N) is 2. The lowest BCUT2D eigenvalue weighted by molar-refractivity contribution is 0.417. The molecule has 0 bridgehead atoms. The van der Waals surface area contributed by atoms with Crippen LogP contribution in [0.1, 0.15) is 25.7 Å². The Morgan fingerprint density at radius 3 is 2.86 bits per heavy atom. The first kappa shape index (κ1) is 14.8. The molecule has 1 heterocycles. The number of anilines is 3. The Labute approximate surface area is 134 Å². The van der Waals surface area contributed by atoms with E-state index in [2.05, 4.69) is 25.8 Å². The molecule has 0 amide bonds. The molecule has 1 aromatic heterocycles. The number of benzene rings is 1. The van der Waals surface area contributed by atoms with Crippen LogP contribution < -0.4 is 15.4 Å². The Hall–Kier alpha value is -2.08. The second kappa shape index (κ2) is 6.79. The van der Waals surface area contributed by atoms with Gasteiger partial charge in [0.25, 0.3) is 0 Å². The smallest absolute Gasteiger partial charge is 0.249 e. The molecule has 3 rings (SSSR count). The molecule has 7 heteroatoms. The van der Waals surface area contributed by atoms with Crippen molar-refractivity contribution in [1.82, 2.24) is 15.2 Å². The van der Waals surface area contributed by atoms with Gasteiger partial charge in [-0.3, -0.25) is 0 Å². The molecular weight excluding hydrogens is 302 g/mol. The molecule has 0 unspecified atom stereocenters. The van der Waals surface area contributed by atoms with Crippen molar-refractivity contribution in [2.45, 2.75) is 31.7 Å². The molecular formula is C15H18ClN5O. The largest absolute Gasteiger partial charge is 0.495 e. The molecule has 0 saturated heterocycles. The van der Waals surface area contributed by atoms with Crippen molar-refractivity contribution in [1.29, 1.82) is 0 Å². The van der Waals surface area contributed by atoms with Crippen LogP contribution in [-0.4, -0.2) is 28.3 Å². The summed E-state index contributed by atoms with van der Waals surface area (Å²) in [4.78, 5) is 4.44. The van der Waals surface area contributed by atoms with Gasteiger partial charge in [0.1, 0.15) is 5.75 Å². The van der Waals surface area contributed by atoms with Gasteiger partial charge in [0.2, 0.25) is 5.95 Å². The molecule has 0 aliphatic heterocycles. The molecule has 0 spiro atoms. The second-order valence-electron chi connectivity index (χ2n) is 5.26. The standard InChI is InChI=1S/C15H18ClN5O/c1-22-13-7-6-10(16)8-12(13)19-15-20-14(9-17-21-15)18-11-4-2-3-5-11/h6-9,11H,2-5H2,1H3,(H2,18,19,20,21). The monoisotopic (exact) mass is 319 g/mol. The number of hydrogen-bond donors (Lipinski definition) is 2. The average Bonchev–Trinajstić information content (AvgIpc) is 3.01. The normalized spacial score (nSPS) is 14.8. The molecule has 1 saturated carbocycles. The van der Waals surface area contributed by atoms with Crippen LogP contribution in [0.25, 0.3) is 0 Å². The van der Waals surface area contributed by atoms with E-state index in [1.54, 1.807) is 31.5 Å². The molecule has 1 aromatic carbocycles. The van der Waals surface area contributed by atoms with Gasteiger partial charge in [-0.25, -0.2) is 0 Å². The summed E-state index contributed by atoms with van der Waals surface area (Å²) in [5.74, 6) is 1.80. The van der Waals surface area contributed by atoms with E-state index in [0.717, 1.165) is 5.82 Å². The van der Waals surface area contributed by atoms with Crippen LogP contribution in [0.15, 0.2) is 24.4 Å². The van der Waals surface area contributed by atoms with Gasteiger partial charge in [-0.2, -0.15) is 10.1 Å². The first-order valence-corrected chi connectivity index (χ1v) is 7.69. The quantitative estimate of drug-likeness (QED) is 0.876. The lowest BCUT2D eigenvalue weighted by Crippen LogP contribution is -2.16. The summed E-state index contributed by atoms with van der Waals surface area (Å²) in [5.41, 5.74) is 0.704. The minimum atomic E-state index is 0.406. The van der Waals surface area contributed by atoms with Gasteiger partial charge in [0.15, 0.2) is 5.82 Å². The number of nitrogens with zero attached hydrogens (tertiary/aromatic N) is 3. The summed E-state index contributed by atoms with van der Waals surface area (Å²) in [6, 6.07) is 5.80. The van der Waals surface area contributed by atoms with Gasteiger partial charge < -0.3 is 15.4 Å². The van der Waals surface area contributed by atoms with E-state index in [0.29, 0.717) is 28.4 Å². The fourth-order valence-corrected chi connectivity index (χ4v) is 2.78. The van der Waals surface area contributed by atoms with E-state index in [9.17, 15) is 0 Å². The first-order chi connectivity index (χ1) is 10.7. The fraction of sp³-hybridized carbons (Fsp3) is 0.400. The van der Waals surface area contributed by atoms with Crippen LogP contribution in [0.5, 0.6) is 5.75 Å². The minimum Gasteiger partial charge on any atom is -0.495 e. The number of rotatable bonds is 5. The zero-order chi connectivity index (χ0) is 15.4. The molecule has 2 N–H and O–H groups in total. The van der Waals surface area contributed by atoms with Crippen molar-refractivity contribution in [2.24, 2.45) is 0 Å². The molecule has 116 valence electrons. The lowest BCUT2D eigenvalue weighted by Gasteiger charge is -2.13. The van der Waals surface area contributed by atoms with Crippen molar-refractivity contribution in [3.05, 3.63) is 29.4 Å². The maximum absolute atomic E-state index is 6.02. The highest BCUT2D eigenvalue weighted by Crippen LogP contribution is 2.29. The summed E-state index contributed by atoms with van der Waals surface area (Å²) >= 11 is 6.02. The number of ether oxygens (including phenoxy) is 1. The van der Waals surface area contributed by atoms with Gasteiger partial charge in [0.05, 0.1) is 19.0 Å². The zero-order valence-electron chi connectivity index (χ0n) is 12.3. The second-order valence-corrected chi connectivity index (χ2v) is 5.70. The molecule has 1 aliphatic carbocycles. The van der Waals surface area contributed by atoms with Crippen LogP contribution in [0.2, 0.25) is 5.02 Å². The van der Waals surface area contributed by atoms with Crippen molar-refractivity contribution >= 4 is 29.1 Å². The fourth-order valence-electron chi connectivity index (χ4n) is 2.60. The van der Waals surface area contributed by atoms with Crippen molar-refractivity contribution in [2.75, 3.05) is 17.7 Å². The number of hydrogen-bond acceptors (Lipinski definition) is 6. The van der Waals surface area contributed by atoms with Crippen LogP contribution >= 0.6 is 11.6 Å². The van der Waals surface area contributed by atoms with Crippen LogP contribution in [0.3, 0.4) is 0 Å². The van der Waals surface area contributed by atoms with Crippen molar-refractivity contribution in [3.8, 4) is 5.75 Å². The summed E-state index contributed by atoms with van der Waals surface area (Å²) < 4.78 is 5.30. The van der Waals surface area contributed by atoms with Gasteiger partial charge >= 0.3 is 0 Å². The molecule has 1 aliphatic rings. The molecule has 22 heavy (non-hydrogen) atoms. The Kier molecular flexibility index (Phi) is 4.58. The van der Waals surface area contributed by atoms with E-state index in [4.69, 9.17) is 16.3 Å². The van der Waals surface area contributed by atoms with E-state index in [-0.39, 0.29) is 0 Å². The molecule has 6 nitrogen and oxygen atoms in total. The maximum atomic E-state index is 6.02. The third-order valence-electron chi connectivity index (χ3n) is 3.67. The Morgan fingerprint density at radius 1 is 1.27 bits per heavy atom. The first-order valence-electron chi connectivity index (χ1n) is 7.31. The van der Waals surface area contributed by atoms with Crippen molar-refractivity contribution < 1.29 is 4.74 Å². The highest BCUT2D eigenvalue weighted by atomic mass is 35.5. The Bertz CT molecular complexity index is 646. The maximum Gasteiger partial charge on any atom is 0.249 e.